The number of aliphatic hydroxyl groups excluding tert-OH is 3. The summed E-state index contributed by atoms with van der Waals surface area (Å²) in [6.07, 6.45) is -0.0707. The predicted octanol–water partition coefficient (Wildman–Crippen LogP) is 1.31. The van der Waals surface area contributed by atoms with Crippen LogP contribution in [0.3, 0.4) is 0 Å². The summed E-state index contributed by atoms with van der Waals surface area (Å²) in [5, 5.41) is 33.5. The van der Waals surface area contributed by atoms with E-state index in [4.69, 9.17) is 16.3 Å². The summed E-state index contributed by atoms with van der Waals surface area (Å²) < 4.78 is 6.54. The van der Waals surface area contributed by atoms with Gasteiger partial charge in [-0.15, -0.1) is 23.4 Å². The van der Waals surface area contributed by atoms with Crippen molar-refractivity contribution in [3.05, 3.63) is 0 Å². The summed E-state index contributed by atoms with van der Waals surface area (Å²) in [5.41, 5.74) is -0.708. The minimum absolute atomic E-state index is 0.0978. The SMILES string of the molecule is CCC[C@@H]1C[C@@H](C(=O)NC([C@H](C)Cl)[C@H]2O[C@H](SC)[C@H](O)[C@@H](O)[C@H]2O)[N+](C)(C(C)C)C1. The fourth-order valence-electron chi connectivity index (χ4n) is 4.96. The van der Waals surface area contributed by atoms with Crippen molar-refractivity contribution >= 4 is 29.3 Å². The van der Waals surface area contributed by atoms with E-state index >= 15 is 0 Å². The van der Waals surface area contributed by atoms with E-state index in [2.05, 4.69) is 33.1 Å². The molecule has 0 saturated carbocycles. The molecule has 2 saturated heterocycles. The van der Waals surface area contributed by atoms with Gasteiger partial charge >= 0.3 is 0 Å². The number of ether oxygens (including phenoxy) is 1. The summed E-state index contributed by atoms with van der Waals surface area (Å²) in [7, 11) is 2.14. The molecular weight excluding hydrogens is 428 g/mol. The van der Waals surface area contributed by atoms with Crippen molar-refractivity contribution in [2.45, 2.75) is 100 Å². The number of carbonyl (C=O) groups is 1. The first-order valence-electron chi connectivity index (χ1n) is 11.0. The van der Waals surface area contributed by atoms with Crippen LogP contribution in [0.5, 0.6) is 0 Å². The number of amides is 1. The number of rotatable bonds is 8. The lowest BCUT2D eigenvalue weighted by Gasteiger charge is -2.44. The van der Waals surface area contributed by atoms with Gasteiger partial charge in [-0.25, -0.2) is 0 Å². The van der Waals surface area contributed by atoms with Crippen LogP contribution in [0.25, 0.3) is 0 Å². The van der Waals surface area contributed by atoms with Crippen LogP contribution in [0.1, 0.15) is 47.0 Å². The third-order valence-electron chi connectivity index (χ3n) is 7.10. The summed E-state index contributed by atoms with van der Waals surface area (Å²) in [4.78, 5) is 13.4. The highest BCUT2D eigenvalue weighted by molar-refractivity contribution is 7.99. The molecule has 0 radical (unpaired) electrons. The molecule has 1 amide bonds. The molecule has 0 aromatic rings. The molecular formula is C21H40ClN2O5S+. The number of quaternary nitrogens is 1. The molecule has 0 aromatic carbocycles. The fraction of sp³-hybridized carbons (Fsp3) is 0.952. The number of likely N-dealkylation sites (N-methyl/N-ethyl adjacent to an activating group) is 1. The maximum Gasteiger partial charge on any atom is 0.278 e. The van der Waals surface area contributed by atoms with E-state index in [1.165, 1.54) is 11.8 Å². The number of hydrogen-bond donors (Lipinski definition) is 4. The van der Waals surface area contributed by atoms with Crippen LogP contribution in [0.15, 0.2) is 0 Å². The molecule has 2 fully saturated rings. The van der Waals surface area contributed by atoms with Crippen LogP contribution in [-0.4, -0.2) is 98.9 Å². The van der Waals surface area contributed by atoms with Crippen molar-refractivity contribution in [1.82, 2.24) is 5.32 Å². The van der Waals surface area contributed by atoms with Crippen molar-refractivity contribution in [2.24, 2.45) is 5.92 Å². The first-order chi connectivity index (χ1) is 14.0. The molecule has 7 nitrogen and oxygen atoms in total. The zero-order valence-corrected chi connectivity index (χ0v) is 20.6. The monoisotopic (exact) mass is 467 g/mol. The molecule has 2 aliphatic heterocycles. The van der Waals surface area contributed by atoms with Gasteiger partial charge in [0.15, 0.2) is 6.04 Å². The van der Waals surface area contributed by atoms with Crippen LogP contribution in [-0.2, 0) is 9.53 Å². The van der Waals surface area contributed by atoms with Crippen molar-refractivity contribution in [2.75, 3.05) is 19.8 Å². The van der Waals surface area contributed by atoms with Gasteiger partial charge in [0.05, 0.1) is 31.1 Å². The molecule has 0 aliphatic carbocycles. The molecule has 0 spiro atoms. The highest BCUT2D eigenvalue weighted by Gasteiger charge is 2.52. The van der Waals surface area contributed by atoms with Gasteiger partial charge in [0, 0.05) is 12.3 Å². The van der Waals surface area contributed by atoms with Gasteiger partial charge in [-0.1, -0.05) is 13.3 Å². The van der Waals surface area contributed by atoms with Gasteiger partial charge < -0.3 is 29.9 Å². The number of hydrogen-bond acceptors (Lipinski definition) is 6. The molecule has 0 aromatic heterocycles. The normalized spacial score (nSPS) is 41.6. The molecule has 2 heterocycles. The number of halogens is 1. The Balaban J connectivity index is 2.22. The first kappa shape index (κ1) is 26.2. The number of likely N-dealkylation sites (tertiary alicyclic amines) is 1. The Morgan fingerprint density at radius 3 is 2.37 bits per heavy atom. The lowest BCUT2D eigenvalue weighted by Crippen LogP contribution is -2.66. The molecule has 10 atom stereocenters. The van der Waals surface area contributed by atoms with Crippen LogP contribution in [0.2, 0.25) is 0 Å². The second-order valence-corrected chi connectivity index (χ2v) is 11.0. The summed E-state index contributed by atoms with van der Waals surface area (Å²) in [6.45, 7) is 9.16. The Morgan fingerprint density at radius 1 is 1.23 bits per heavy atom. The molecule has 176 valence electrons. The average molecular weight is 468 g/mol. The Hall–Kier alpha value is -0.0900. The van der Waals surface area contributed by atoms with Gasteiger partial charge in [-0.2, -0.15) is 0 Å². The third kappa shape index (κ3) is 5.27. The number of alkyl halides is 1. The number of aliphatic hydroxyl groups is 3. The maximum absolute atomic E-state index is 13.4. The van der Waals surface area contributed by atoms with Crippen molar-refractivity contribution in [1.29, 1.82) is 0 Å². The Morgan fingerprint density at radius 2 is 1.87 bits per heavy atom. The topological polar surface area (TPSA) is 99.0 Å². The van der Waals surface area contributed by atoms with Crippen molar-refractivity contribution in [3.8, 4) is 0 Å². The highest BCUT2D eigenvalue weighted by Crippen LogP contribution is 2.35. The Kier molecular flexibility index (Phi) is 9.32. The van der Waals surface area contributed by atoms with E-state index in [0.717, 1.165) is 25.8 Å². The highest BCUT2D eigenvalue weighted by atomic mass is 35.5. The lowest BCUT2D eigenvalue weighted by atomic mass is 9.92. The van der Waals surface area contributed by atoms with Gasteiger partial charge in [0.1, 0.15) is 29.9 Å². The van der Waals surface area contributed by atoms with Crippen LogP contribution in [0.4, 0.5) is 0 Å². The standard InChI is InChI=1S/C21H39ClN2O5S/c1-7-8-13-9-14(24(5,10-13)11(2)3)20(28)23-15(12(4)22)19-17(26)16(25)18(27)21(29-19)30-6/h11-19,21,25-27H,7-10H2,1-6H3/p+1/t12-,13+,14-,15?,16-,17+,18+,19+,21+,24?/m0/s1. The molecule has 0 bridgehead atoms. The second-order valence-electron chi connectivity index (χ2n) is 9.42. The van der Waals surface area contributed by atoms with E-state index < -0.39 is 41.3 Å². The second kappa shape index (κ2) is 10.7. The maximum atomic E-state index is 13.4. The summed E-state index contributed by atoms with van der Waals surface area (Å²) in [6, 6.07) is -0.604. The van der Waals surface area contributed by atoms with Crippen LogP contribution < -0.4 is 5.32 Å². The summed E-state index contributed by atoms with van der Waals surface area (Å²) in [5.74, 6) is 0.402. The van der Waals surface area contributed by atoms with Gasteiger partial charge in [0.25, 0.3) is 5.91 Å². The van der Waals surface area contributed by atoms with Gasteiger partial charge in [-0.3, -0.25) is 4.79 Å². The molecule has 4 N–H and O–H groups in total. The molecule has 30 heavy (non-hydrogen) atoms. The third-order valence-corrected chi connectivity index (χ3v) is 8.22. The van der Waals surface area contributed by atoms with Gasteiger partial charge in [-0.05, 0) is 33.4 Å². The first-order valence-corrected chi connectivity index (χ1v) is 12.7. The van der Waals surface area contributed by atoms with E-state index in [0.29, 0.717) is 16.4 Å². The fourth-order valence-corrected chi connectivity index (χ4v) is 5.85. The van der Waals surface area contributed by atoms with Crippen LogP contribution >= 0.6 is 23.4 Å². The van der Waals surface area contributed by atoms with Crippen molar-refractivity contribution in [3.63, 3.8) is 0 Å². The number of thioether (sulfide) groups is 1. The largest absolute Gasteiger partial charge is 0.388 e. The minimum atomic E-state index is -1.37. The molecule has 2 rings (SSSR count). The van der Waals surface area contributed by atoms with E-state index in [1.54, 1.807) is 13.2 Å². The van der Waals surface area contributed by atoms with E-state index in [1.807, 2.05) is 0 Å². The van der Waals surface area contributed by atoms with Gasteiger partial charge in [0.2, 0.25) is 0 Å². The van der Waals surface area contributed by atoms with Crippen LogP contribution in [0, 0.1) is 5.92 Å². The molecule has 2 unspecified atom stereocenters. The zero-order valence-electron chi connectivity index (χ0n) is 19.0. The quantitative estimate of drug-likeness (QED) is 0.317. The smallest absolute Gasteiger partial charge is 0.278 e. The summed E-state index contributed by atoms with van der Waals surface area (Å²) >= 11 is 7.66. The lowest BCUT2D eigenvalue weighted by molar-refractivity contribution is -0.933. The Labute approximate surface area is 190 Å². The zero-order chi connectivity index (χ0) is 22.8. The number of carbonyl (C=O) groups excluding carboxylic acids is 1. The van der Waals surface area contributed by atoms with E-state index in [9.17, 15) is 20.1 Å². The Bertz CT molecular complexity index is 582. The molecule has 9 heteroatoms. The number of nitrogens with one attached hydrogen (secondary N) is 1. The average Bonchev–Trinajstić information content (AvgIpc) is 3.03. The number of nitrogens with zero attached hydrogens (tertiary/aromatic N) is 1. The molecule has 2 aliphatic rings. The van der Waals surface area contributed by atoms with E-state index in [-0.39, 0.29) is 11.9 Å². The van der Waals surface area contributed by atoms with Crippen molar-refractivity contribution < 1.29 is 29.3 Å². The predicted molar refractivity (Wildman–Crippen MR) is 120 cm³/mol. The minimum Gasteiger partial charge on any atom is -0.388 e.